The molecule has 3 atom stereocenters. The topological polar surface area (TPSA) is 60.2 Å². The predicted octanol–water partition coefficient (Wildman–Crippen LogP) is 0.867. The molecule has 13 heavy (non-hydrogen) atoms. The molecule has 3 nitrogen and oxygen atoms in total. The van der Waals surface area contributed by atoms with Crippen molar-refractivity contribution in [3.8, 4) is 0 Å². The first-order valence-electron chi connectivity index (χ1n) is 4.79. The van der Waals surface area contributed by atoms with Gasteiger partial charge >= 0.3 is 0 Å². The van der Waals surface area contributed by atoms with Crippen LogP contribution in [0.4, 0.5) is 0 Å². The molecule has 2 aliphatic rings. The molecule has 2 saturated carbocycles. The maximum absolute atomic E-state index is 10.7. The fraction of sp³-hybridized carbons (Fsp3) is 0.800. The number of rotatable bonds is 4. The van der Waals surface area contributed by atoms with E-state index >= 15 is 0 Å². The van der Waals surface area contributed by atoms with E-state index in [1.54, 1.807) is 0 Å². The van der Waals surface area contributed by atoms with Crippen molar-refractivity contribution in [2.45, 2.75) is 32.6 Å². The minimum Gasteiger partial charge on any atom is -0.370 e. The van der Waals surface area contributed by atoms with E-state index in [-0.39, 0.29) is 16.7 Å². The van der Waals surface area contributed by atoms with Gasteiger partial charge in [0.05, 0.1) is 0 Å². The van der Waals surface area contributed by atoms with Gasteiger partial charge in [0.2, 0.25) is 5.91 Å². The molecule has 0 aromatic carbocycles. The van der Waals surface area contributed by atoms with Gasteiger partial charge in [-0.3, -0.25) is 4.79 Å². The zero-order valence-corrected chi connectivity index (χ0v) is 7.88. The number of carbonyl (C=O) groups excluding carboxylic acids is 2. The average Bonchev–Trinajstić information content (AvgIpc) is 2.53. The predicted molar refractivity (Wildman–Crippen MR) is 47.8 cm³/mol. The summed E-state index contributed by atoms with van der Waals surface area (Å²) in [4.78, 5) is 21.3. The van der Waals surface area contributed by atoms with Crippen LogP contribution in [0, 0.1) is 16.7 Å². The molecule has 1 amide bonds. The molecule has 0 aliphatic heterocycles. The van der Waals surface area contributed by atoms with Crippen molar-refractivity contribution in [2.24, 2.45) is 22.5 Å². The fourth-order valence-electron chi connectivity index (χ4n) is 2.96. The molecule has 3 heteroatoms. The van der Waals surface area contributed by atoms with Crippen molar-refractivity contribution in [3.05, 3.63) is 0 Å². The number of carbonyl (C=O) groups is 2. The quantitative estimate of drug-likeness (QED) is 0.654. The third kappa shape index (κ3) is 0.960. The highest BCUT2D eigenvalue weighted by molar-refractivity contribution is 5.74. The normalized spacial score (nSPS) is 46.1. The molecule has 0 saturated heterocycles. The van der Waals surface area contributed by atoms with Crippen molar-refractivity contribution < 1.29 is 9.59 Å². The fourth-order valence-corrected chi connectivity index (χ4v) is 2.96. The highest BCUT2D eigenvalue weighted by Gasteiger charge is 2.75. The Balaban J connectivity index is 1.88. The number of amides is 1. The Morgan fingerprint density at radius 3 is 2.77 bits per heavy atom. The van der Waals surface area contributed by atoms with Crippen LogP contribution < -0.4 is 5.73 Å². The Kier molecular flexibility index (Phi) is 1.57. The summed E-state index contributed by atoms with van der Waals surface area (Å²) < 4.78 is 0. The lowest BCUT2D eigenvalue weighted by Gasteiger charge is -2.38. The Morgan fingerprint density at radius 2 is 2.38 bits per heavy atom. The first-order chi connectivity index (χ1) is 6.04. The highest BCUT2D eigenvalue weighted by Crippen LogP contribution is 2.79. The summed E-state index contributed by atoms with van der Waals surface area (Å²) in [5, 5.41) is 0. The monoisotopic (exact) mass is 181 g/mol. The second kappa shape index (κ2) is 2.34. The van der Waals surface area contributed by atoms with Gasteiger partial charge in [0.1, 0.15) is 6.29 Å². The van der Waals surface area contributed by atoms with Crippen LogP contribution in [-0.2, 0) is 9.59 Å². The summed E-state index contributed by atoms with van der Waals surface area (Å²) in [5.74, 6) is 0.318. The highest BCUT2D eigenvalue weighted by atomic mass is 16.1. The van der Waals surface area contributed by atoms with Crippen molar-refractivity contribution in [1.29, 1.82) is 0 Å². The smallest absolute Gasteiger partial charge is 0.217 e. The van der Waals surface area contributed by atoms with Crippen molar-refractivity contribution >= 4 is 12.2 Å². The molecule has 72 valence electrons. The van der Waals surface area contributed by atoms with Gasteiger partial charge in [0.15, 0.2) is 0 Å². The van der Waals surface area contributed by atoms with Crippen molar-refractivity contribution in [3.63, 3.8) is 0 Å². The maximum Gasteiger partial charge on any atom is 0.217 e. The van der Waals surface area contributed by atoms with Crippen LogP contribution in [0.3, 0.4) is 0 Å². The summed E-state index contributed by atoms with van der Waals surface area (Å²) in [6.45, 7) is 2.15. The minimum atomic E-state index is -0.229. The van der Waals surface area contributed by atoms with Crippen LogP contribution in [0.5, 0.6) is 0 Å². The SMILES string of the molecule is CC12CC1(C=O)CC2CCC(N)=O. The Labute approximate surface area is 77.7 Å². The average molecular weight is 181 g/mol. The third-order valence-corrected chi connectivity index (χ3v) is 4.17. The van der Waals surface area contributed by atoms with Crippen LogP contribution in [-0.4, -0.2) is 12.2 Å². The standard InChI is InChI=1S/C10H15NO2/c1-9-5-10(9,6-12)4-7(9)2-3-8(11)13/h6-7H,2-5H2,1H3,(H2,11,13). The lowest BCUT2D eigenvalue weighted by Crippen LogP contribution is -2.36. The second-order valence-corrected chi connectivity index (χ2v) is 4.77. The number of primary amides is 1. The van der Waals surface area contributed by atoms with E-state index < -0.39 is 0 Å². The van der Waals surface area contributed by atoms with E-state index in [2.05, 4.69) is 6.92 Å². The van der Waals surface area contributed by atoms with Crippen LogP contribution in [0.15, 0.2) is 0 Å². The number of hydrogen-bond donors (Lipinski definition) is 1. The summed E-state index contributed by atoms with van der Waals surface area (Å²) in [5.41, 5.74) is 5.29. The minimum absolute atomic E-state index is 0.00465. The van der Waals surface area contributed by atoms with E-state index in [0.29, 0.717) is 12.3 Å². The van der Waals surface area contributed by atoms with Gasteiger partial charge in [-0.1, -0.05) is 6.92 Å². The molecule has 0 radical (unpaired) electrons. The lowest BCUT2D eigenvalue weighted by atomic mass is 9.65. The van der Waals surface area contributed by atoms with Crippen molar-refractivity contribution in [2.75, 3.05) is 0 Å². The van der Waals surface area contributed by atoms with Crippen LogP contribution in [0.2, 0.25) is 0 Å². The molecule has 0 spiro atoms. The van der Waals surface area contributed by atoms with Gasteiger partial charge in [-0.15, -0.1) is 0 Å². The summed E-state index contributed by atoms with van der Waals surface area (Å²) in [6, 6.07) is 0. The largest absolute Gasteiger partial charge is 0.370 e. The van der Waals surface area contributed by atoms with Gasteiger partial charge in [-0.2, -0.15) is 0 Å². The number of aldehydes is 1. The first-order valence-corrected chi connectivity index (χ1v) is 4.79. The molecule has 0 aromatic rings. The molecule has 0 aromatic heterocycles. The maximum atomic E-state index is 10.7. The van der Waals surface area contributed by atoms with Gasteiger partial charge in [0.25, 0.3) is 0 Å². The second-order valence-electron chi connectivity index (χ2n) is 4.77. The first kappa shape index (κ1) is 8.73. The molecule has 3 unspecified atom stereocenters. The van der Waals surface area contributed by atoms with Crippen LogP contribution in [0.1, 0.15) is 32.6 Å². The molecule has 2 rings (SSSR count). The number of fused-ring (bicyclic) bond motifs is 1. The zero-order valence-electron chi connectivity index (χ0n) is 7.88. The van der Waals surface area contributed by atoms with E-state index in [1.165, 1.54) is 0 Å². The van der Waals surface area contributed by atoms with Gasteiger partial charge in [-0.05, 0) is 30.6 Å². The summed E-state index contributed by atoms with van der Waals surface area (Å²) in [7, 11) is 0. The summed E-state index contributed by atoms with van der Waals surface area (Å²) in [6.07, 6.45) is 4.43. The molecular formula is C10H15NO2. The summed E-state index contributed by atoms with van der Waals surface area (Å²) >= 11 is 0. The van der Waals surface area contributed by atoms with E-state index in [0.717, 1.165) is 25.5 Å². The van der Waals surface area contributed by atoms with Gasteiger partial charge in [-0.25, -0.2) is 0 Å². The lowest BCUT2D eigenvalue weighted by molar-refractivity contribution is -0.120. The molecule has 2 aliphatic carbocycles. The van der Waals surface area contributed by atoms with E-state index in [4.69, 9.17) is 5.73 Å². The van der Waals surface area contributed by atoms with E-state index in [9.17, 15) is 9.59 Å². The Morgan fingerprint density at radius 1 is 1.69 bits per heavy atom. The molecule has 2 N–H and O–H groups in total. The van der Waals surface area contributed by atoms with Crippen LogP contribution >= 0.6 is 0 Å². The van der Waals surface area contributed by atoms with Crippen LogP contribution in [0.25, 0.3) is 0 Å². The van der Waals surface area contributed by atoms with Crippen molar-refractivity contribution in [1.82, 2.24) is 0 Å². The molecule has 2 fully saturated rings. The Hall–Kier alpha value is -0.860. The van der Waals surface area contributed by atoms with E-state index in [1.807, 2.05) is 0 Å². The number of nitrogens with two attached hydrogens (primary N) is 1. The Bertz CT molecular complexity index is 276. The molecule has 0 bridgehead atoms. The van der Waals surface area contributed by atoms with Gasteiger partial charge < -0.3 is 10.5 Å². The molecular weight excluding hydrogens is 166 g/mol. The third-order valence-electron chi connectivity index (χ3n) is 4.17. The van der Waals surface area contributed by atoms with Gasteiger partial charge in [0, 0.05) is 11.8 Å². The number of hydrogen-bond acceptors (Lipinski definition) is 2. The zero-order chi connectivity index (χ0) is 9.69. The molecule has 0 heterocycles.